The lowest BCUT2D eigenvalue weighted by atomic mass is 10.1. The molecule has 0 atom stereocenters. The molecule has 0 saturated carbocycles. The highest BCUT2D eigenvalue weighted by Crippen LogP contribution is 2.30. The SMILES string of the molecule is C=Cc1ccccc1CN(c1ccccc1)c1cccc(OC)c1. The van der Waals surface area contributed by atoms with E-state index in [0.29, 0.717) is 0 Å². The molecule has 0 N–H and O–H groups in total. The molecule has 0 radical (unpaired) electrons. The summed E-state index contributed by atoms with van der Waals surface area (Å²) in [5, 5.41) is 0. The number of nitrogens with zero attached hydrogens (tertiary/aromatic N) is 1. The van der Waals surface area contributed by atoms with Gasteiger partial charge in [-0.3, -0.25) is 0 Å². The van der Waals surface area contributed by atoms with E-state index in [-0.39, 0.29) is 0 Å². The number of rotatable bonds is 6. The maximum atomic E-state index is 5.39. The Morgan fingerprint density at radius 2 is 1.58 bits per heavy atom. The summed E-state index contributed by atoms with van der Waals surface area (Å²) in [4.78, 5) is 2.28. The Morgan fingerprint density at radius 3 is 2.33 bits per heavy atom. The molecule has 2 nitrogen and oxygen atoms in total. The highest BCUT2D eigenvalue weighted by molar-refractivity contribution is 5.66. The number of methoxy groups -OCH3 is 1. The third kappa shape index (κ3) is 3.49. The smallest absolute Gasteiger partial charge is 0.120 e. The summed E-state index contributed by atoms with van der Waals surface area (Å²) in [5.74, 6) is 0.852. The van der Waals surface area contributed by atoms with Gasteiger partial charge in [-0.05, 0) is 35.4 Å². The monoisotopic (exact) mass is 315 g/mol. The normalized spacial score (nSPS) is 10.2. The molecule has 0 aliphatic heterocycles. The van der Waals surface area contributed by atoms with E-state index in [1.54, 1.807) is 7.11 Å². The van der Waals surface area contributed by atoms with E-state index in [2.05, 4.69) is 66.1 Å². The van der Waals surface area contributed by atoms with Crippen LogP contribution in [-0.4, -0.2) is 7.11 Å². The Balaban J connectivity index is 2.04. The summed E-state index contributed by atoms with van der Waals surface area (Å²) >= 11 is 0. The van der Waals surface area contributed by atoms with Crippen LogP contribution in [0.3, 0.4) is 0 Å². The fraction of sp³-hybridized carbons (Fsp3) is 0.0909. The molecule has 0 aliphatic carbocycles. The fourth-order valence-electron chi connectivity index (χ4n) is 2.77. The molecule has 0 fully saturated rings. The molecule has 2 heteroatoms. The molecular weight excluding hydrogens is 294 g/mol. The van der Waals surface area contributed by atoms with Crippen LogP contribution in [0.4, 0.5) is 11.4 Å². The van der Waals surface area contributed by atoms with Crippen molar-refractivity contribution in [3.8, 4) is 5.75 Å². The van der Waals surface area contributed by atoms with Gasteiger partial charge in [0.1, 0.15) is 5.75 Å². The van der Waals surface area contributed by atoms with E-state index in [1.807, 2.05) is 30.3 Å². The fourth-order valence-corrected chi connectivity index (χ4v) is 2.77. The van der Waals surface area contributed by atoms with Crippen LogP contribution in [0.2, 0.25) is 0 Å². The second-order valence-electron chi connectivity index (χ2n) is 5.53. The summed E-state index contributed by atoms with van der Waals surface area (Å²) in [5.41, 5.74) is 4.63. The van der Waals surface area contributed by atoms with Crippen molar-refractivity contribution in [2.24, 2.45) is 0 Å². The summed E-state index contributed by atoms with van der Waals surface area (Å²) in [6.45, 7) is 4.70. The lowest BCUT2D eigenvalue weighted by Crippen LogP contribution is -2.17. The molecule has 0 aliphatic rings. The number of hydrogen-bond donors (Lipinski definition) is 0. The Kier molecular flexibility index (Phi) is 4.97. The predicted molar refractivity (Wildman–Crippen MR) is 102 cm³/mol. The quantitative estimate of drug-likeness (QED) is 0.580. The van der Waals surface area contributed by atoms with Crippen molar-refractivity contribution in [2.75, 3.05) is 12.0 Å². The highest BCUT2D eigenvalue weighted by atomic mass is 16.5. The van der Waals surface area contributed by atoms with Crippen LogP contribution in [0, 0.1) is 0 Å². The average molecular weight is 315 g/mol. The third-order valence-electron chi connectivity index (χ3n) is 4.04. The number of hydrogen-bond acceptors (Lipinski definition) is 2. The lowest BCUT2D eigenvalue weighted by Gasteiger charge is -2.26. The van der Waals surface area contributed by atoms with E-state index in [4.69, 9.17) is 4.74 Å². The zero-order chi connectivity index (χ0) is 16.8. The first kappa shape index (κ1) is 15.9. The summed E-state index contributed by atoms with van der Waals surface area (Å²) in [6.07, 6.45) is 1.91. The number of benzene rings is 3. The van der Waals surface area contributed by atoms with Crippen molar-refractivity contribution in [1.29, 1.82) is 0 Å². The van der Waals surface area contributed by atoms with E-state index >= 15 is 0 Å². The van der Waals surface area contributed by atoms with E-state index < -0.39 is 0 Å². The first-order chi connectivity index (χ1) is 11.8. The summed E-state index contributed by atoms with van der Waals surface area (Å²) in [7, 11) is 1.69. The van der Waals surface area contributed by atoms with Crippen LogP contribution in [0.25, 0.3) is 6.08 Å². The molecular formula is C22H21NO. The van der Waals surface area contributed by atoms with E-state index in [9.17, 15) is 0 Å². The van der Waals surface area contributed by atoms with Crippen molar-refractivity contribution >= 4 is 17.5 Å². The molecule has 0 saturated heterocycles. The van der Waals surface area contributed by atoms with E-state index in [0.717, 1.165) is 29.2 Å². The van der Waals surface area contributed by atoms with Gasteiger partial charge in [-0.1, -0.05) is 61.2 Å². The van der Waals surface area contributed by atoms with Crippen molar-refractivity contribution < 1.29 is 4.74 Å². The molecule has 0 unspecified atom stereocenters. The Morgan fingerprint density at radius 1 is 0.875 bits per heavy atom. The molecule has 3 aromatic carbocycles. The molecule has 24 heavy (non-hydrogen) atoms. The minimum Gasteiger partial charge on any atom is -0.497 e. The standard InChI is InChI=1S/C22H21NO/c1-3-18-10-7-8-11-19(18)17-23(20-12-5-4-6-13-20)21-14-9-15-22(16-21)24-2/h3-16H,1,17H2,2H3. The van der Waals surface area contributed by atoms with Crippen molar-refractivity contribution in [1.82, 2.24) is 0 Å². The molecule has 0 bridgehead atoms. The van der Waals surface area contributed by atoms with Gasteiger partial charge in [-0.25, -0.2) is 0 Å². The number of ether oxygens (including phenoxy) is 1. The van der Waals surface area contributed by atoms with Gasteiger partial charge in [0.2, 0.25) is 0 Å². The van der Waals surface area contributed by atoms with Gasteiger partial charge in [0, 0.05) is 24.0 Å². The maximum absolute atomic E-state index is 5.39. The van der Waals surface area contributed by atoms with E-state index in [1.165, 1.54) is 5.56 Å². The predicted octanol–water partition coefficient (Wildman–Crippen LogP) is 5.68. The van der Waals surface area contributed by atoms with Crippen LogP contribution < -0.4 is 9.64 Å². The highest BCUT2D eigenvalue weighted by Gasteiger charge is 2.12. The van der Waals surface area contributed by atoms with Crippen LogP contribution in [0.15, 0.2) is 85.4 Å². The number of anilines is 2. The number of para-hydroxylation sites is 1. The Bertz CT molecular complexity index is 811. The van der Waals surface area contributed by atoms with Crippen LogP contribution in [0.5, 0.6) is 5.75 Å². The van der Waals surface area contributed by atoms with Gasteiger partial charge in [0.25, 0.3) is 0 Å². The molecule has 3 rings (SSSR count). The minimum atomic E-state index is 0.763. The first-order valence-corrected chi connectivity index (χ1v) is 7.99. The van der Waals surface area contributed by atoms with Crippen molar-refractivity contribution in [3.63, 3.8) is 0 Å². The average Bonchev–Trinajstić information content (AvgIpc) is 2.67. The van der Waals surface area contributed by atoms with Gasteiger partial charge in [-0.15, -0.1) is 0 Å². The first-order valence-electron chi connectivity index (χ1n) is 7.99. The molecule has 3 aromatic rings. The van der Waals surface area contributed by atoms with Gasteiger partial charge < -0.3 is 9.64 Å². The summed E-state index contributed by atoms with van der Waals surface area (Å²) < 4.78 is 5.39. The van der Waals surface area contributed by atoms with Crippen LogP contribution in [-0.2, 0) is 6.54 Å². The molecule has 0 aromatic heterocycles. The van der Waals surface area contributed by atoms with Crippen molar-refractivity contribution in [3.05, 3.63) is 96.6 Å². The van der Waals surface area contributed by atoms with Gasteiger partial charge in [-0.2, -0.15) is 0 Å². The zero-order valence-electron chi connectivity index (χ0n) is 13.9. The third-order valence-corrected chi connectivity index (χ3v) is 4.04. The van der Waals surface area contributed by atoms with Crippen molar-refractivity contribution in [2.45, 2.75) is 6.54 Å². The van der Waals surface area contributed by atoms with Crippen LogP contribution >= 0.6 is 0 Å². The van der Waals surface area contributed by atoms with Crippen LogP contribution in [0.1, 0.15) is 11.1 Å². The second kappa shape index (κ2) is 7.51. The minimum absolute atomic E-state index is 0.763. The van der Waals surface area contributed by atoms with Gasteiger partial charge >= 0.3 is 0 Å². The second-order valence-corrected chi connectivity index (χ2v) is 5.53. The van der Waals surface area contributed by atoms with Gasteiger partial charge in [0.05, 0.1) is 7.11 Å². The Hall–Kier alpha value is -3.00. The maximum Gasteiger partial charge on any atom is 0.120 e. The topological polar surface area (TPSA) is 12.5 Å². The molecule has 0 amide bonds. The summed E-state index contributed by atoms with van der Waals surface area (Å²) in [6, 6.07) is 26.9. The zero-order valence-corrected chi connectivity index (χ0v) is 13.9. The Labute approximate surface area is 143 Å². The lowest BCUT2D eigenvalue weighted by molar-refractivity contribution is 0.415. The molecule has 0 heterocycles. The largest absolute Gasteiger partial charge is 0.497 e. The molecule has 120 valence electrons. The van der Waals surface area contributed by atoms with Gasteiger partial charge in [0.15, 0.2) is 0 Å². The molecule has 0 spiro atoms.